The molecule has 5 rings (SSSR count). The van der Waals surface area contributed by atoms with Gasteiger partial charge in [-0.2, -0.15) is 5.26 Å². The zero-order chi connectivity index (χ0) is 18.6. The van der Waals surface area contributed by atoms with Crippen LogP contribution in [0.5, 0.6) is 0 Å². The Bertz CT molecular complexity index is 951. The van der Waals surface area contributed by atoms with E-state index in [1.165, 1.54) is 18.5 Å². The zero-order valence-electron chi connectivity index (χ0n) is 14.4. The van der Waals surface area contributed by atoms with E-state index in [0.717, 1.165) is 0 Å². The van der Waals surface area contributed by atoms with Crippen molar-refractivity contribution in [2.24, 2.45) is 0 Å². The van der Waals surface area contributed by atoms with Gasteiger partial charge < -0.3 is 14.5 Å². The Kier molecular flexibility index (Phi) is 3.42. The van der Waals surface area contributed by atoms with Crippen molar-refractivity contribution in [3.05, 3.63) is 53.6 Å². The van der Waals surface area contributed by atoms with E-state index in [1.807, 2.05) is 11.0 Å². The number of carbonyl (C=O) groups is 1. The summed E-state index contributed by atoms with van der Waals surface area (Å²) in [6.07, 6.45) is 3.98. The molecule has 0 N–H and O–H groups in total. The van der Waals surface area contributed by atoms with E-state index in [0.29, 0.717) is 43.0 Å². The molecule has 7 nitrogen and oxygen atoms in total. The molecule has 1 aromatic heterocycles. The summed E-state index contributed by atoms with van der Waals surface area (Å²) >= 11 is 0. The largest absolute Gasteiger partial charge is 0.338 e. The second-order valence-corrected chi connectivity index (χ2v) is 7.13. The van der Waals surface area contributed by atoms with Crippen molar-refractivity contribution in [3.8, 4) is 6.07 Å². The second-order valence-electron chi connectivity index (χ2n) is 7.13. The Balaban J connectivity index is 1.35. The molecule has 3 aliphatic heterocycles. The monoisotopic (exact) mass is 365 g/mol. The maximum Gasteiger partial charge on any atom is 0.261 e. The average molecular weight is 365 g/mol. The number of rotatable bonds is 2. The first-order valence-electron chi connectivity index (χ1n) is 8.83. The van der Waals surface area contributed by atoms with E-state index >= 15 is 0 Å². The minimum Gasteiger partial charge on any atom is -0.338 e. The maximum absolute atomic E-state index is 14.2. The third-order valence-corrected chi connectivity index (χ3v) is 5.53. The van der Waals surface area contributed by atoms with Crippen LogP contribution in [0.2, 0.25) is 0 Å². The lowest BCUT2D eigenvalue weighted by atomic mass is 9.92. The molecule has 0 saturated carbocycles. The molecule has 27 heavy (non-hydrogen) atoms. The summed E-state index contributed by atoms with van der Waals surface area (Å²) in [5.74, 6) is 0.0787. The van der Waals surface area contributed by atoms with Gasteiger partial charge in [-0.3, -0.25) is 4.79 Å². The van der Waals surface area contributed by atoms with Crippen molar-refractivity contribution in [2.45, 2.75) is 30.7 Å². The van der Waals surface area contributed by atoms with Crippen LogP contribution < -0.4 is 4.90 Å². The van der Waals surface area contributed by atoms with Gasteiger partial charge in [0, 0.05) is 5.56 Å². The highest BCUT2D eigenvalue weighted by Crippen LogP contribution is 2.47. The number of anilines is 1. The molecular weight excluding hydrogens is 349 g/mol. The van der Waals surface area contributed by atoms with Crippen molar-refractivity contribution in [2.75, 3.05) is 18.0 Å². The number of nitrogens with zero attached hydrogens (tertiary/aromatic N) is 5. The van der Waals surface area contributed by atoms with Crippen LogP contribution in [0.4, 0.5) is 10.3 Å². The number of ether oxygens (including phenoxy) is 1. The predicted molar refractivity (Wildman–Crippen MR) is 91.8 cm³/mol. The van der Waals surface area contributed by atoms with Gasteiger partial charge in [0.1, 0.15) is 18.1 Å². The first-order chi connectivity index (χ1) is 13.1. The smallest absolute Gasteiger partial charge is 0.261 e. The Morgan fingerprint density at radius 1 is 1.22 bits per heavy atom. The Morgan fingerprint density at radius 2 is 1.96 bits per heavy atom. The van der Waals surface area contributed by atoms with Crippen molar-refractivity contribution in [1.29, 1.82) is 5.26 Å². The van der Waals surface area contributed by atoms with E-state index in [2.05, 4.69) is 9.97 Å². The molecule has 1 amide bonds. The van der Waals surface area contributed by atoms with Gasteiger partial charge in [0.05, 0.1) is 37.1 Å². The van der Waals surface area contributed by atoms with Crippen molar-refractivity contribution < 1.29 is 13.9 Å². The second kappa shape index (κ2) is 5.72. The molecule has 136 valence electrons. The number of hydrogen-bond donors (Lipinski definition) is 0. The number of aromatic nitrogens is 2. The van der Waals surface area contributed by atoms with Gasteiger partial charge in [-0.05, 0) is 18.9 Å². The van der Waals surface area contributed by atoms with Crippen molar-refractivity contribution in [1.82, 2.24) is 14.9 Å². The van der Waals surface area contributed by atoms with Gasteiger partial charge in [0.25, 0.3) is 5.91 Å². The van der Waals surface area contributed by atoms with Crippen LogP contribution in [0.1, 0.15) is 30.0 Å². The molecule has 0 aliphatic carbocycles. The van der Waals surface area contributed by atoms with Crippen LogP contribution in [-0.2, 0) is 9.53 Å². The van der Waals surface area contributed by atoms with Gasteiger partial charge >= 0.3 is 0 Å². The molecule has 3 saturated heterocycles. The van der Waals surface area contributed by atoms with Crippen LogP contribution in [-0.4, -0.2) is 45.7 Å². The van der Waals surface area contributed by atoms with Crippen LogP contribution >= 0.6 is 0 Å². The molecule has 3 aliphatic rings. The Hall–Kier alpha value is -3.05. The quantitative estimate of drug-likeness (QED) is 0.807. The third kappa shape index (κ3) is 2.32. The summed E-state index contributed by atoms with van der Waals surface area (Å²) in [5, 5.41) is 8.83. The lowest BCUT2D eigenvalue weighted by molar-refractivity contribution is -0.141. The third-order valence-electron chi connectivity index (χ3n) is 5.53. The zero-order valence-corrected chi connectivity index (χ0v) is 14.4. The molecule has 4 heterocycles. The number of carbonyl (C=O) groups excluding carboxylic acids is 1. The van der Waals surface area contributed by atoms with Gasteiger partial charge in [0.2, 0.25) is 5.95 Å². The van der Waals surface area contributed by atoms with Gasteiger partial charge in [-0.15, -0.1) is 0 Å². The predicted octanol–water partition coefficient (Wildman–Crippen LogP) is 1.77. The number of amides is 1. The Labute approximate surface area is 155 Å². The van der Waals surface area contributed by atoms with E-state index in [9.17, 15) is 9.18 Å². The number of benzene rings is 1. The van der Waals surface area contributed by atoms with Crippen molar-refractivity contribution in [3.63, 3.8) is 0 Å². The Morgan fingerprint density at radius 3 is 2.67 bits per heavy atom. The highest BCUT2D eigenvalue weighted by Gasteiger charge is 2.63. The highest BCUT2D eigenvalue weighted by molar-refractivity contribution is 5.91. The van der Waals surface area contributed by atoms with Crippen LogP contribution in [0, 0.1) is 17.1 Å². The standard InChI is InChI=1S/C19H16FN5O2/c20-14-4-2-1-3-13(14)15-5-6-16-25(15)17(26)19(27-16)10-24(11-19)18-22-8-12(7-21)9-23-18/h1-4,8-9,15-16H,5-6,10-11H2/t15-,16+/m0/s1. The number of halogens is 1. The molecule has 1 aromatic carbocycles. The molecule has 8 heteroatoms. The fourth-order valence-corrected chi connectivity index (χ4v) is 4.23. The first-order valence-corrected chi connectivity index (χ1v) is 8.83. The van der Waals surface area contributed by atoms with E-state index in [-0.39, 0.29) is 24.0 Å². The van der Waals surface area contributed by atoms with Crippen LogP contribution in [0.3, 0.4) is 0 Å². The molecule has 0 bridgehead atoms. The van der Waals surface area contributed by atoms with Crippen molar-refractivity contribution >= 4 is 11.9 Å². The lowest BCUT2D eigenvalue weighted by Gasteiger charge is -2.45. The fraction of sp³-hybridized carbons (Fsp3) is 0.368. The summed E-state index contributed by atoms with van der Waals surface area (Å²) in [5.41, 5.74) is 0.0161. The fourth-order valence-electron chi connectivity index (χ4n) is 4.23. The maximum atomic E-state index is 14.2. The molecular formula is C19H16FN5O2. The summed E-state index contributed by atoms with van der Waals surface area (Å²) in [6, 6.07) is 8.28. The van der Waals surface area contributed by atoms with Gasteiger partial charge in [0.15, 0.2) is 5.60 Å². The molecule has 0 radical (unpaired) electrons. The molecule has 1 spiro atoms. The summed E-state index contributed by atoms with van der Waals surface area (Å²) in [7, 11) is 0. The average Bonchev–Trinajstić information content (AvgIpc) is 3.19. The first kappa shape index (κ1) is 16.1. The molecule has 0 unspecified atom stereocenters. The highest BCUT2D eigenvalue weighted by atomic mass is 19.1. The molecule has 3 fully saturated rings. The van der Waals surface area contributed by atoms with E-state index in [4.69, 9.17) is 10.00 Å². The van der Waals surface area contributed by atoms with Crippen LogP contribution in [0.15, 0.2) is 36.7 Å². The summed E-state index contributed by atoms with van der Waals surface area (Å²) in [4.78, 5) is 25.0. The SMILES string of the molecule is N#Cc1cnc(N2CC3(C2)O[C@@H]2CC[C@@H](c4ccccc4F)N2C3=O)nc1. The molecule has 2 atom stereocenters. The minimum absolute atomic E-state index is 0.0943. The van der Waals surface area contributed by atoms with E-state index < -0.39 is 5.60 Å². The van der Waals surface area contributed by atoms with Gasteiger partial charge in [-0.25, -0.2) is 14.4 Å². The summed E-state index contributed by atoms with van der Waals surface area (Å²) in [6.45, 7) is 0.712. The number of fused-ring (bicyclic) bond motifs is 1. The normalized spacial score (nSPS) is 25.4. The number of nitriles is 1. The number of hydrogen-bond acceptors (Lipinski definition) is 6. The van der Waals surface area contributed by atoms with E-state index in [1.54, 1.807) is 23.1 Å². The lowest BCUT2D eigenvalue weighted by Crippen LogP contribution is -2.67. The minimum atomic E-state index is -0.911. The van der Waals surface area contributed by atoms with Gasteiger partial charge in [-0.1, -0.05) is 18.2 Å². The topological polar surface area (TPSA) is 82.4 Å². The molecule has 2 aromatic rings. The summed E-state index contributed by atoms with van der Waals surface area (Å²) < 4.78 is 20.3. The van der Waals surface area contributed by atoms with Crippen LogP contribution in [0.25, 0.3) is 0 Å².